The number of carbonyl (C=O) groups excluding carboxylic acids is 1. The Balaban J connectivity index is 2.34. The van der Waals surface area contributed by atoms with E-state index < -0.39 is 33.1 Å². The molecule has 0 radical (unpaired) electrons. The Morgan fingerprint density at radius 1 is 1.05 bits per heavy atom. The average Bonchev–Trinajstić information content (AvgIpc) is 2.42. The lowest BCUT2D eigenvalue weighted by atomic mass is 10.2. The van der Waals surface area contributed by atoms with E-state index in [-0.39, 0.29) is 10.5 Å². The Kier molecular flexibility index (Phi) is 4.04. The molecule has 0 aliphatic heterocycles. The lowest BCUT2D eigenvalue weighted by molar-refractivity contribution is 0.102. The van der Waals surface area contributed by atoms with Crippen molar-refractivity contribution in [2.45, 2.75) is 4.90 Å². The quantitative estimate of drug-likeness (QED) is 0.948. The van der Waals surface area contributed by atoms with Crippen molar-refractivity contribution < 1.29 is 22.0 Å². The molecule has 0 aliphatic rings. The molecule has 7 heteroatoms. The van der Waals surface area contributed by atoms with Crippen molar-refractivity contribution in [1.82, 2.24) is 0 Å². The SMILES string of the molecule is CS(=O)(=O)c1cccc(C(=O)Nc2c(F)cccc2F)c1. The smallest absolute Gasteiger partial charge is 0.255 e. The van der Waals surface area contributed by atoms with Gasteiger partial charge in [-0.2, -0.15) is 0 Å². The summed E-state index contributed by atoms with van der Waals surface area (Å²) in [5.41, 5.74) is -0.590. The highest BCUT2D eigenvalue weighted by molar-refractivity contribution is 7.90. The van der Waals surface area contributed by atoms with Crippen LogP contribution in [0.3, 0.4) is 0 Å². The fraction of sp³-hybridized carbons (Fsp3) is 0.0714. The maximum atomic E-state index is 13.4. The molecule has 2 aromatic carbocycles. The summed E-state index contributed by atoms with van der Waals surface area (Å²) in [6.07, 6.45) is 1.00. The minimum atomic E-state index is -3.48. The molecule has 21 heavy (non-hydrogen) atoms. The van der Waals surface area contributed by atoms with E-state index in [9.17, 15) is 22.0 Å². The molecular weight excluding hydrogens is 300 g/mol. The molecular formula is C14H11F2NO3S. The number of hydrogen-bond donors (Lipinski definition) is 1. The zero-order valence-corrected chi connectivity index (χ0v) is 11.7. The van der Waals surface area contributed by atoms with Gasteiger partial charge in [0.1, 0.15) is 17.3 Å². The fourth-order valence-corrected chi connectivity index (χ4v) is 2.34. The minimum absolute atomic E-state index is 0.0134. The molecule has 0 spiro atoms. The average molecular weight is 311 g/mol. The number of anilines is 1. The van der Waals surface area contributed by atoms with E-state index in [1.54, 1.807) is 0 Å². The van der Waals surface area contributed by atoms with Crippen molar-refractivity contribution in [3.8, 4) is 0 Å². The first-order valence-electron chi connectivity index (χ1n) is 5.84. The van der Waals surface area contributed by atoms with E-state index in [1.165, 1.54) is 24.3 Å². The van der Waals surface area contributed by atoms with E-state index in [0.717, 1.165) is 24.5 Å². The molecule has 0 heterocycles. The van der Waals surface area contributed by atoms with Crippen molar-refractivity contribution in [1.29, 1.82) is 0 Å². The summed E-state index contributed by atoms with van der Waals surface area (Å²) >= 11 is 0. The summed E-state index contributed by atoms with van der Waals surface area (Å²) < 4.78 is 49.7. The predicted octanol–water partition coefficient (Wildman–Crippen LogP) is 2.62. The number of benzene rings is 2. The van der Waals surface area contributed by atoms with Crippen LogP contribution in [-0.4, -0.2) is 20.6 Å². The van der Waals surface area contributed by atoms with Crippen LogP contribution in [0, 0.1) is 11.6 Å². The van der Waals surface area contributed by atoms with E-state index >= 15 is 0 Å². The van der Waals surface area contributed by atoms with Gasteiger partial charge in [-0.1, -0.05) is 12.1 Å². The van der Waals surface area contributed by atoms with Gasteiger partial charge in [-0.25, -0.2) is 17.2 Å². The van der Waals surface area contributed by atoms with Crippen LogP contribution >= 0.6 is 0 Å². The van der Waals surface area contributed by atoms with Gasteiger partial charge in [0.15, 0.2) is 9.84 Å². The maximum Gasteiger partial charge on any atom is 0.255 e. The molecule has 4 nitrogen and oxygen atoms in total. The van der Waals surface area contributed by atoms with Gasteiger partial charge >= 0.3 is 0 Å². The second-order valence-corrected chi connectivity index (χ2v) is 6.37. The van der Waals surface area contributed by atoms with Crippen molar-refractivity contribution in [2.24, 2.45) is 0 Å². The van der Waals surface area contributed by atoms with Gasteiger partial charge in [-0.15, -0.1) is 0 Å². The molecule has 0 unspecified atom stereocenters. The zero-order valence-electron chi connectivity index (χ0n) is 10.9. The first kappa shape index (κ1) is 15.1. The van der Waals surface area contributed by atoms with Crippen molar-refractivity contribution in [2.75, 3.05) is 11.6 Å². The van der Waals surface area contributed by atoms with E-state index in [0.29, 0.717) is 0 Å². The third-order valence-electron chi connectivity index (χ3n) is 2.73. The van der Waals surface area contributed by atoms with Gasteiger partial charge in [0.05, 0.1) is 4.90 Å². The maximum absolute atomic E-state index is 13.4. The molecule has 0 saturated heterocycles. The molecule has 0 bridgehead atoms. The number of para-hydroxylation sites is 1. The van der Waals surface area contributed by atoms with Crippen LogP contribution in [-0.2, 0) is 9.84 Å². The second-order valence-electron chi connectivity index (χ2n) is 4.35. The van der Waals surface area contributed by atoms with Crippen LogP contribution < -0.4 is 5.32 Å². The van der Waals surface area contributed by atoms with Gasteiger partial charge in [0.2, 0.25) is 0 Å². The normalized spacial score (nSPS) is 11.2. The van der Waals surface area contributed by atoms with Gasteiger partial charge in [-0.05, 0) is 30.3 Å². The number of amides is 1. The van der Waals surface area contributed by atoms with Crippen molar-refractivity contribution in [3.63, 3.8) is 0 Å². The Labute approximate surface area is 120 Å². The Morgan fingerprint density at radius 3 is 2.19 bits per heavy atom. The summed E-state index contributed by atoms with van der Waals surface area (Å²) in [6.45, 7) is 0. The van der Waals surface area contributed by atoms with Crippen LogP contribution in [0.2, 0.25) is 0 Å². The van der Waals surface area contributed by atoms with Gasteiger partial charge in [0.25, 0.3) is 5.91 Å². The topological polar surface area (TPSA) is 63.2 Å². The zero-order chi connectivity index (χ0) is 15.6. The van der Waals surface area contributed by atoms with E-state index in [2.05, 4.69) is 5.32 Å². The summed E-state index contributed by atoms with van der Waals surface area (Å²) in [4.78, 5) is 11.9. The molecule has 2 aromatic rings. The molecule has 2 rings (SSSR count). The molecule has 110 valence electrons. The summed E-state index contributed by atoms with van der Waals surface area (Å²) in [5.74, 6) is -2.63. The molecule has 0 saturated carbocycles. The molecule has 0 fully saturated rings. The van der Waals surface area contributed by atoms with Gasteiger partial charge in [-0.3, -0.25) is 4.79 Å². The first-order valence-corrected chi connectivity index (χ1v) is 7.73. The van der Waals surface area contributed by atoms with Crippen LogP contribution in [0.1, 0.15) is 10.4 Å². The highest BCUT2D eigenvalue weighted by Crippen LogP contribution is 2.19. The lowest BCUT2D eigenvalue weighted by Gasteiger charge is -2.08. The van der Waals surface area contributed by atoms with Crippen LogP contribution in [0.4, 0.5) is 14.5 Å². The highest BCUT2D eigenvalue weighted by atomic mass is 32.2. The Morgan fingerprint density at radius 2 is 1.62 bits per heavy atom. The minimum Gasteiger partial charge on any atom is -0.317 e. The molecule has 0 aromatic heterocycles. The second kappa shape index (κ2) is 5.61. The van der Waals surface area contributed by atoms with Crippen LogP contribution in [0.5, 0.6) is 0 Å². The molecule has 0 atom stereocenters. The van der Waals surface area contributed by atoms with Crippen LogP contribution in [0.15, 0.2) is 47.4 Å². The van der Waals surface area contributed by atoms with E-state index in [1.807, 2.05) is 0 Å². The molecule has 1 N–H and O–H groups in total. The summed E-state index contributed by atoms with van der Waals surface area (Å²) in [7, 11) is -3.48. The monoisotopic (exact) mass is 311 g/mol. The fourth-order valence-electron chi connectivity index (χ4n) is 1.67. The van der Waals surface area contributed by atoms with Crippen molar-refractivity contribution in [3.05, 3.63) is 59.7 Å². The third-order valence-corrected chi connectivity index (χ3v) is 3.84. The Bertz CT molecular complexity index is 783. The number of carbonyl (C=O) groups is 1. The number of halogens is 2. The molecule has 1 amide bonds. The summed E-state index contributed by atoms with van der Waals surface area (Å²) in [6, 6.07) is 8.38. The van der Waals surface area contributed by atoms with Gasteiger partial charge < -0.3 is 5.32 Å². The van der Waals surface area contributed by atoms with Gasteiger partial charge in [0, 0.05) is 11.8 Å². The Hall–Kier alpha value is -2.28. The highest BCUT2D eigenvalue weighted by Gasteiger charge is 2.15. The standard InChI is InChI=1S/C14H11F2NO3S/c1-21(19,20)10-5-2-4-9(8-10)14(18)17-13-11(15)6-3-7-12(13)16/h2-8H,1H3,(H,17,18). The number of nitrogens with one attached hydrogen (secondary N) is 1. The largest absolute Gasteiger partial charge is 0.317 e. The summed E-state index contributed by atoms with van der Waals surface area (Å²) in [5, 5.41) is 2.09. The molecule has 0 aliphatic carbocycles. The first-order chi connectivity index (χ1) is 9.79. The number of rotatable bonds is 3. The van der Waals surface area contributed by atoms with Crippen molar-refractivity contribution >= 4 is 21.4 Å². The number of sulfone groups is 1. The van der Waals surface area contributed by atoms with E-state index in [4.69, 9.17) is 0 Å². The number of hydrogen-bond acceptors (Lipinski definition) is 3. The lowest BCUT2D eigenvalue weighted by Crippen LogP contribution is -2.15. The third kappa shape index (κ3) is 3.43. The van der Waals surface area contributed by atoms with Crippen LogP contribution in [0.25, 0.3) is 0 Å². The predicted molar refractivity (Wildman–Crippen MR) is 73.9 cm³/mol.